The fraction of sp³-hybridized carbons (Fsp3) is 0.714. The quantitative estimate of drug-likeness (QED) is 0.0541. The van der Waals surface area contributed by atoms with Crippen molar-refractivity contribution >= 4 is 17.3 Å². The van der Waals surface area contributed by atoms with E-state index in [1.54, 1.807) is 6.07 Å². The number of epoxide rings is 1. The number of hydrogen-bond donors (Lipinski definition) is 8. The molecule has 2 aliphatic heterocycles. The summed E-state index contributed by atoms with van der Waals surface area (Å²) in [5, 5.41) is 65.5. The zero-order valence-electron chi connectivity index (χ0n) is 45.2. The minimum absolute atomic E-state index is 0.0312. The van der Waals surface area contributed by atoms with Crippen LogP contribution in [0.1, 0.15) is 172 Å². The van der Waals surface area contributed by atoms with Gasteiger partial charge in [-0.3, -0.25) is 9.59 Å². The highest BCUT2D eigenvalue weighted by Crippen LogP contribution is 2.79. The van der Waals surface area contributed by atoms with E-state index in [4.69, 9.17) is 10.5 Å². The van der Waals surface area contributed by atoms with E-state index in [2.05, 4.69) is 61.8 Å². The van der Waals surface area contributed by atoms with Crippen molar-refractivity contribution in [3.8, 4) is 5.75 Å². The maximum Gasteiger partial charge on any atom is 0.160 e. The Balaban J connectivity index is 1.02. The highest BCUT2D eigenvalue weighted by molar-refractivity contribution is 6.01. The zero-order chi connectivity index (χ0) is 52.2. The lowest BCUT2D eigenvalue weighted by atomic mass is 9.31. The van der Waals surface area contributed by atoms with Crippen LogP contribution in [0.2, 0.25) is 0 Å². The van der Waals surface area contributed by atoms with Gasteiger partial charge in [-0.05, 0) is 209 Å². The second-order valence-electron chi connectivity index (χ2n) is 26.8. The van der Waals surface area contributed by atoms with Crippen molar-refractivity contribution in [1.82, 2.24) is 10.6 Å². The van der Waals surface area contributed by atoms with Crippen LogP contribution in [0.25, 0.3) is 0 Å². The van der Waals surface area contributed by atoms with E-state index in [0.29, 0.717) is 64.0 Å². The number of carbonyl (C=O) groups is 2. The van der Waals surface area contributed by atoms with Gasteiger partial charge in [-0.1, -0.05) is 75.5 Å². The number of phenolic OH excluding ortho intramolecular Hbond substituents is 1. The first kappa shape index (κ1) is 52.6. The molecule has 74 heavy (non-hydrogen) atoms. The Labute approximate surface area is 441 Å². The minimum atomic E-state index is -0.949. The number of benzene rings is 2. The van der Waals surface area contributed by atoms with Crippen molar-refractivity contribution in [2.45, 2.75) is 191 Å². The number of ketones is 2. The number of carbonyl (C=O) groups excluding carboxylic acids is 2. The molecule has 404 valence electrons. The molecule has 2 bridgehead atoms. The van der Waals surface area contributed by atoms with Gasteiger partial charge in [0.1, 0.15) is 17.6 Å². The van der Waals surface area contributed by atoms with Crippen LogP contribution in [0.15, 0.2) is 65.8 Å². The molecule has 11 heteroatoms. The lowest BCUT2D eigenvalue weighted by Crippen LogP contribution is -2.73. The Morgan fingerprint density at radius 3 is 2.51 bits per heavy atom. The van der Waals surface area contributed by atoms with Gasteiger partial charge >= 0.3 is 0 Å². The van der Waals surface area contributed by atoms with Crippen molar-refractivity contribution < 1.29 is 39.9 Å². The molecule has 11 nitrogen and oxygen atoms in total. The molecule has 0 radical (unpaired) electrons. The van der Waals surface area contributed by atoms with Crippen molar-refractivity contribution in [3.63, 3.8) is 0 Å². The molecule has 0 aromatic heterocycles. The minimum Gasteiger partial charge on any atom is -0.508 e. The van der Waals surface area contributed by atoms with Gasteiger partial charge < -0.3 is 46.6 Å². The van der Waals surface area contributed by atoms with Gasteiger partial charge in [0, 0.05) is 55.3 Å². The number of aliphatic hydroxyl groups is 4. The number of nitrogens with two attached hydrogens (primary N) is 1. The number of aliphatic hydroxyl groups excluding tert-OH is 3. The van der Waals surface area contributed by atoms with E-state index < -0.39 is 44.9 Å². The molecule has 10 aliphatic rings. The van der Waals surface area contributed by atoms with E-state index in [1.165, 1.54) is 11.1 Å². The fourth-order valence-electron chi connectivity index (χ4n) is 19.9. The number of phenols is 1. The molecule has 1 spiro atoms. The summed E-state index contributed by atoms with van der Waals surface area (Å²) in [4.78, 5) is 31.8. The number of fused-ring (bicyclic) bond motifs is 5. The zero-order valence-corrected chi connectivity index (χ0v) is 45.2. The van der Waals surface area contributed by atoms with Gasteiger partial charge in [0.2, 0.25) is 0 Å². The van der Waals surface area contributed by atoms with E-state index in [1.807, 2.05) is 32.2 Å². The average molecular weight is 1020 g/mol. The van der Waals surface area contributed by atoms with Gasteiger partial charge in [0.25, 0.3) is 0 Å². The number of Topliss-reactive ketones (excluding diaryl/α,β-unsaturated/α-hetero) is 2. The predicted octanol–water partition coefficient (Wildman–Crippen LogP) is 9.19. The number of rotatable bonds is 13. The third-order valence-corrected chi connectivity index (χ3v) is 22.9. The van der Waals surface area contributed by atoms with Crippen LogP contribution in [0.3, 0.4) is 0 Å². The molecule has 2 saturated heterocycles. The molecule has 9 N–H and O–H groups in total. The maximum absolute atomic E-state index is 16.1. The normalized spacial score (nSPS) is 43.6. The summed E-state index contributed by atoms with van der Waals surface area (Å²) in [6, 6.07) is 13.8. The summed E-state index contributed by atoms with van der Waals surface area (Å²) in [5.41, 5.74) is 8.39. The number of hydrogen-bond acceptors (Lipinski definition) is 11. The van der Waals surface area contributed by atoms with Crippen LogP contribution < -0.4 is 16.4 Å². The smallest absolute Gasteiger partial charge is 0.160 e. The van der Waals surface area contributed by atoms with Gasteiger partial charge in [-0.25, -0.2) is 0 Å². The summed E-state index contributed by atoms with van der Waals surface area (Å²) >= 11 is 0. The third kappa shape index (κ3) is 8.27. The fourth-order valence-corrected chi connectivity index (χ4v) is 19.9. The number of nitrogen functional groups attached to an aromatic ring is 1. The van der Waals surface area contributed by atoms with Gasteiger partial charge in [0.15, 0.2) is 5.78 Å². The van der Waals surface area contributed by atoms with Crippen LogP contribution >= 0.6 is 0 Å². The molecular formula is C63H89N3O8. The summed E-state index contributed by atoms with van der Waals surface area (Å²) in [7, 11) is 1.90. The van der Waals surface area contributed by atoms with Gasteiger partial charge in [-0.15, -0.1) is 0 Å². The number of nitrogens with one attached hydrogen (secondary N) is 2. The third-order valence-electron chi connectivity index (χ3n) is 22.9. The molecule has 8 aliphatic carbocycles. The molecule has 7 fully saturated rings. The van der Waals surface area contributed by atoms with Crippen molar-refractivity contribution in [3.05, 3.63) is 82.5 Å². The molecule has 18 unspecified atom stereocenters. The summed E-state index contributed by atoms with van der Waals surface area (Å²) in [5.74, 6) is 0.440. The Morgan fingerprint density at radius 2 is 1.74 bits per heavy atom. The molecule has 5 saturated carbocycles. The number of ether oxygens (including phenoxy) is 1. The highest BCUT2D eigenvalue weighted by Gasteiger charge is 2.76. The van der Waals surface area contributed by atoms with Crippen molar-refractivity contribution in [1.29, 1.82) is 0 Å². The first-order chi connectivity index (χ1) is 35.4. The molecule has 2 aromatic carbocycles. The number of β-amino-alcohol motifs (C(OH)–C–C–N with tert-alkyl or cyclic N) is 1. The number of anilines is 1. The SMILES string of the molecule is CNCc1cc(O)cc(C2C(=O)C34CC=CC2C2(C)C3C(CC3(CCO)C2CCC2=C(C(CC(O)C5OC5(C)C5CCCC5c5cccc(N)c5)C5CCCC(CO)C5)C(=O)CC23C)NCC(C)(O)CCCC4)c1. The predicted molar refractivity (Wildman–Crippen MR) is 288 cm³/mol. The van der Waals surface area contributed by atoms with Crippen molar-refractivity contribution in [2.75, 3.05) is 32.5 Å². The van der Waals surface area contributed by atoms with Gasteiger partial charge in [0.05, 0.1) is 23.2 Å². The Hall–Kier alpha value is -3.42. The lowest BCUT2D eigenvalue weighted by Gasteiger charge is -2.73. The topological polar surface area (TPSA) is 198 Å². The molecule has 0 amide bonds. The van der Waals surface area contributed by atoms with Crippen LogP contribution in [-0.2, 0) is 20.9 Å². The Morgan fingerprint density at radius 1 is 0.946 bits per heavy atom. The molecule has 18 atom stereocenters. The van der Waals surface area contributed by atoms with Crippen LogP contribution in [0.4, 0.5) is 5.69 Å². The van der Waals surface area contributed by atoms with E-state index >= 15 is 9.59 Å². The summed E-state index contributed by atoms with van der Waals surface area (Å²) < 4.78 is 6.73. The molecule has 2 heterocycles. The first-order valence-electron chi connectivity index (χ1n) is 29.2. The average Bonchev–Trinajstić information content (AvgIpc) is 3.77. The maximum atomic E-state index is 16.1. The molecular weight excluding hydrogens is 927 g/mol. The lowest BCUT2D eigenvalue weighted by molar-refractivity contribution is -0.220. The van der Waals surface area contributed by atoms with Crippen LogP contribution in [0.5, 0.6) is 5.75 Å². The number of aromatic hydroxyl groups is 1. The second-order valence-corrected chi connectivity index (χ2v) is 26.8. The number of allylic oxidation sites excluding steroid dienone is 4. The van der Waals surface area contributed by atoms with E-state index in [9.17, 15) is 25.5 Å². The summed E-state index contributed by atoms with van der Waals surface area (Å²) in [6.07, 6.45) is 17.5. The van der Waals surface area contributed by atoms with Crippen molar-refractivity contribution in [2.24, 2.45) is 63.1 Å². The van der Waals surface area contributed by atoms with E-state index in [0.717, 1.165) is 93.0 Å². The largest absolute Gasteiger partial charge is 0.508 e. The monoisotopic (exact) mass is 1020 g/mol. The highest BCUT2D eigenvalue weighted by atomic mass is 16.6. The standard InChI is InChI=1S/C63H89N3O8/c1-58(73)21-6-7-22-62-23-11-18-48(53(56(62)72)41-27-38(34-65-5)28-43(69)30-41)60(3)52-20-19-47-54(51(71)33-59(47,2)63(52,24-25-67)32-49(55(60)62)66-36-58)45(39-13-8-12-37(26-39)35-68)31-50(70)57-61(4,74-57)46-17-10-16-44(46)40-14-9-15-42(64)29-40/h9,11,14-15,18,27-30,37,39,44-46,48-50,52-53,55,57,65-70,73H,6-8,10,12-13,16-17,19-26,31-36,64H2,1-5H3. The van der Waals surface area contributed by atoms with Crippen LogP contribution in [0, 0.1) is 63.1 Å². The molecule has 2 aromatic rings. The first-order valence-corrected chi connectivity index (χ1v) is 29.2. The second kappa shape index (κ2) is 19.5. The summed E-state index contributed by atoms with van der Waals surface area (Å²) in [6.45, 7) is 9.96. The van der Waals surface area contributed by atoms with E-state index in [-0.39, 0.29) is 84.1 Å². The Bertz CT molecular complexity index is 2540. The Kier molecular flexibility index (Phi) is 13.9. The van der Waals surface area contributed by atoms with Crippen LogP contribution in [-0.4, -0.2) is 93.4 Å². The molecule has 12 rings (SSSR count). The van der Waals surface area contributed by atoms with Gasteiger partial charge in [-0.2, -0.15) is 0 Å².